The zero-order valence-electron chi connectivity index (χ0n) is 22.8. The molecule has 206 valence electrons. The van der Waals surface area contributed by atoms with E-state index < -0.39 is 6.04 Å². The van der Waals surface area contributed by atoms with Gasteiger partial charge in [0.1, 0.15) is 23.3 Å². The maximum absolute atomic E-state index is 13.8. The van der Waals surface area contributed by atoms with Crippen LogP contribution in [0.2, 0.25) is 0 Å². The normalized spacial score (nSPS) is 14.2. The van der Waals surface area contributed by atoms with Crippen molar-refractivity contribution in [3.05, 3.63) is 90.0 Å². The molecular weight excluding hydrogens is 492 g/mol. The van der Waals surface area contributed by atoms with E-state index in [1.54, 1.807) is 37.3 Å². The Labute approximate surface area is 231 Å². The highest BCUT2D eigenvalue weighted by Gasteiger charge is 2.32. The van der Waals surface area contributed by atoms with Crippen molar-refractivity contribution in [1.29, 1.82) is 0 Å². The third-order valence-corrected chi connectivity index (χ3v) is 7.11. The first kappa shape index (κ1) is 28.0. The minimum absolute atomic E-state index is 0.127. The topological polar surface area (TPSA) is 77.1 Å². The summed E-state index contributed by atoms with van der Waals surface area (Å²) in [6.45, 7) is 0.0607. The lowest BCUT2D eigenvalue weighted by atomic mass is 9.94. The Morgan fingerprint density at radius 2 is 1.38 bits per heavy atom. The smallest absolute Gasteiger partial charge is 0.261 e. The zero-order chi connectivity index (χ0) is 27.5. The van der Waals surface area contributed by atoms with Crippen LogP contribution in [0, 0.1) is 0 Å². The number of benzene rings is 3. The van der Waals surface area contributed by atoms with Gasteiger partial charge in [0.2, 0.25) is 5.91 Å². The number of rotatable bonds is 12. The van der Waals surface area contributed by atoms with Crippen molar-refractivity contribution >= 4 is 11.8 Å². The lowest BCUT2D eigenvalue weighted by Crippen LogP contribution is -2.53. The van der Waals surface area contributed by atoms with E-state index in [0.29, 0.717) is 30.2 Å². The molecule has 3 aromatic carbocycles. The average molecular weight is 531 g/mol. The van der Waals surface area contributed by atoms with Crippen LogP contribution in [0.4, 0.5) is 0 Å². The summed E-state index contributed by atoms with van der Waals surface area (Å²) in [5.41, 5.74) is 1.93. The monoisotopic (exact) mass is 530 g/mol. The van der Waals surface area contributed by atoms with Gasteiger partial charge < -0.3 is 24.4 Å². The van der Waals surface area contributed by atoms with E-state index in [9.17, 15) is 9.59 Å². The van der Waals surface area contributed by atoms with Crippen LogP contribution in [0.5, 0.6) is 17.2 Å². The molecule has 7 heteroatoms. The molecule has 39 heavy (non-hydrogen) atoms. The van der Waals surface area contributed by atoms with Gasteiger partial charge in [-0.2, -0.15) is 0 Å². The second kappa shape index (κ2) is 14.2. The Bertz CT molecular complexity index is 1170. The molecule has 1 saturated carbocycles. The SMILES string of the molecule is COc1cc(OC)cc(OCC(=O)N(Cc2ccccc2)[C@@H](Cc2ccccc2)C(=O)NC2CCCCC2)c1. The van der Waals surface area contributed by atoms with E-state index in [-0.39, 0.29) is 24.5 Å². The molecule has 0 aliphatic heterocycles. The fourth-order valence-electron chi connectivity index (χ4n) is 4.97. The van der Waals surface area contributed by atoms with Crippen molar-refractivity contribution < 1.29 is 23.8 Å². The van der Waals surface area contributed by atoms with Crippen LogP contribution in [0.1, 0.15) is 43.2 Å². The number of hydrogen-bond donors (Lipinski definition) is 1. The second-order valence-corrected chi connectivity index (χ2v) is 9.89. The maximum atomic E-state index is 13.8. The average Bonchev–Trinajstić information content (AvgIpc) is 2.99. The van der Waals surface area contributed by atoms with E-state index in [1.165, 1.54) is 6.42 Å². The van der Waals surface area contributed by atoms with Crippen LogP contribution >= 0.6 is 0 Å². The molecule has 1 aliphatic rings. The van der Waals surface area contributed by atoms with Crippen molar-refractivity contribution in [2.75, 3.05) is 20.8 Å². The Hall–Kier alpha value is -4.00. The summed E-state index contributed by atoms with van der Waals surface area (Å²) < 4.78 is 16.6. The fraction of sp³-hybridized carbons (Fsp3) is 0.375. The van der Waals surface area contributed by atoms with Crippen LogP contribution in [0.15, 0.2) is 78.9 Å². The highest BCUT2D eigenvalue weighted by Crippen LogP contribution is 2.27. The lowest BCUT2D eigenvalue weighted by Gasteiger charge is -2.33. The zero-order valence-corrected chi connectivity index (χ0v) is 22.8. The van der Waals surface area contributed by atoms with Crippen molar-refractivity contribution in [1.82, 2.24) is 10.2 Å². The molecule has 0 unspecified atom stereocenters. The van der Waals surface area contributed by atoms with Crippen LogP contribution in [0.3, 0.4) is 0 Å². The van der Waals surface area contributed by atoms with Gasteiger partial charge in [-0.3, -0.25) is 9.59 Å². The maximum Gasteiger partial charge on any atom is 0.261 e. The number of carbonyl (C=O) groups excluding carboxylic acids is 2. The number of nitrogens with one attached hydrogen (secondary N) is 1. The molecule has 0 bridgehead atoms. The number of amides is 2. The minimum Gasteiger partial charge on any atom is -0.496 e. The molecule has 7 nitrogen and oxygen atoms in total. The Kier molecular flexibility index (Phi) is 10.2. The molecule has 1 fully saturated rings. The highest BCUT2D eigenvalue weighted by molar-refractivity contribution is 5.88. The number of hydrogen-bond acceptors (Lipinski definition) is 5. The van der Waals surface area contributed by atoms with Gasteiger partial charge in [0.15, 0.2) is 6.61 Å². The fourth-order valence-corrected chi connectivity index (χ4v) is 4.97. The highest BCUT2D eigenvalue weighted by atomic mass is 16.5. The lowest BCUT2D eigenvalue weighted by molar-refractivity contribution is -0.143. The minimum atomic E-state index is -0.689. The first-order valence-corrected chi connectivity index (χ1v) is 13.6. The van der Waals surface area contributed by atoms with Crippen LogP contribution in [-0.4, -0.2) is 49.6 Å². The molecule has 0 radical (unpaired) electrons. The predicted molar refractivity (Wildman–Crippen MR) is 151 cm³/mol. The summed E-state index contributed by atoms with van der Waals surface area (Å²) in [6.07, 6.45) is 5.77. The summed E-state index contributed by atoms with van der Waals surface area (Å²) in [5.74, 6) is 1.17. The van der Waals surface area contributed by atoms with E-state index in [2.05, 4.69) is 5.32 Å². The van der Waals surface area contributed by atoms with Crippen molar-refractivity contribution in [2.45, 2.75) is 57.2 Å². The molecule has 1 atom stereocenters. The largest absolute Gasteiger partial charge is 0.496 e. The number of nitrogens with zero attached hydrogens (tertiary/aromatic N) is 1. The van der Waals surface area contributed by atoms with Gasteiger partial charge in [-0.15, -0.1) is 0 Å². The molecule has 1 aliphatic carbocycles. The molecule has 3 aromatic rings. The molecular formula is C32H38N2O5. The van der Waals surface area contributed by atoms with Crippen LogP contribution in [-0.2, 0) is 22.6 Å². The molecule has 0 spiro atoms. The quantitative estimate of drug-likeness (QED) is 0.350. The van der Waals surface area contributed by atoms with Crippen molar-refractivity contribution in [2.24, 2.45) is 0 Å². The van der Waals surface area contributed by atoms with Crippen molar-refractivity contribution in [3.63, 3.8) is 0 Å². The van der Waals surface area contributed by atoms with Crippen molar-refractivity contribution in [3.8, 4) is 17.2 Å². The molecule has 0 saturated heterocycles. The van der Waals surface area contributed by atoms with Crippen LogP contribution < -0.4 is 19.5 Å². The summed E-state index contributed by atoms with van der Waals surface area (Å²) in [7, 11) is 3.12. The van der Waals surface area contributed by atoms with Gasteiger partial charge >= 0.3 is 0 Å². The summed E-state index contributed by atoms with van der Waals surface area (Å²) >= 11 is 0. The molecule has 4 rings (SSSR count). The van der Waals surface area contributed by atoms with Gasteiger partial charge in [-0.1, -0.05) is 79.9 Å². The number of methoxy groups -OCH3 is 2. The Morgan fingerprint density at radius 3 is 1.97 bits per heavy atom. The van der Waals surface area contributed by atoms with Gasteiger partial charge in [0.05, 0.1) is 14.2 Å². The molecule has 0 aromatic heterocycles. The third-order valence-electron chi connectivity index (χ3n) is 7.11. The van der Waals surface area contributed by atoms with E-state index in [1.807, 2.05) is 60.7 Å². The van der Waals surface area contributed by atoms with E-state index in [0.717, 1.165) is 36.8 Å². The standard InChI is InChI=1S/C32H38N2O5/c1-37-27-19-28(38-2)21-29(20-27)39-23-31(35)34(22-25-14-8-4-9-15-25)30(18-24-12-6-3-7-13-24)32(36)33-26-16-10-5-11-17-26/h3-4,6-9,12-15,19-21,26,30H,5,10-11,16-18,22-23H2,1-2H3,(H,33,36)/t30-/m0/s1. The van der Waals surface area contributed by atoms with Gasteiger partial charge in [-0.25, -0.2) is 0 Å². The molecule has 0 heterocycles. The summed E-state index contributed by atoms with van der Waals surface area (Å²) in [5, 5.41) is 3.26. The van der Waals surface area contributed by atoms with Gasteiger partial charge in [0, 0.05) is 37.2 Å². The van der Waals surface area contributed by atoms with Gasteiger partial charge in [0.25, 0.3) is 5.91 Å². The molecule has 2 amide bonds. The Balaban J connectivity index is 1.60. The third kappa shape index (κ3) is 8.24. The second-order valence-electron chi connectivity index (χ2n) is 9.89. The summed E-state index contributed by atoms with van der Waals surface area (Å²) in [6, 6.07) is 24.2. The first-order valence-electron chi connectivity index (χ1n) is 13.6. The predicted octanol–water partition coefficient (Wildman–Crippen LogP) is 5.17. The van der Waals surface area contributed by atoms with Crippen LogP contribution in [0.25, 0.3) is 0 Å². The Morgan fingerprint density at radius 1 is 0.821 bits per heavy atom. The number of carbonyl (C=O) groups is 2. The van der Waals surface area contributed by atoms with Gasteiger partial charge in [-0.05, 0) is 24.0 Å². The molecule has 1 N–H and O–H groups in total. The van der Waals surface area contributed by atoms with E-state index >= 15 is 0 Å². The first-order chi connectivity index (χ1) is 19.1. The van der Waals surface area contributed by atoms with E-state index in [4.69, 9.17) is 14.2 Å². The summed E-state index contributed by atoms with van der Waals surface area (Å²) in [4.78, 5) is 29.3. The number of ether oxygens (including phenoxy) is 3.